The van der Waals surface area contributed by atoms with Gasteiger partial charge >= 0.3 is 0 Å². The van der Waals surface area contributed by atoms with E-state index in [1.165, 1.54) is 0 Å². The quantitative estimate of drug-likeness (QED) is 0.704. The van der Waals surface area contributed by atoms with E-state index in [9.17, 15) is 0 Å². The second-order valence-corrected chi connectivity index (χ2v) is 2.78. The van der Waals surface area contributed by atoms with Gasteiger partial charge in [-0.1, -0.05) is 30.3 Å². The Kier molecular flexibility index (Phi) is 2.53. The molecule has 0 aliphatic carbocycles. The molecule has 0 radical (unpaired) electrons. The highest BCUT2D eigenvalue weighted by Gasteiger charge is 2.04. The molecule has 0 amide bonds. The van der Waals surface area contributed by atoms with Gasteiger partial charge in [-0.3, -0.25) is 9.94 Å². The maximum Gasteiger partial charge on any atom is 0.181 e. The summed E-state index contributed by atoms with van der Waals surface area (Å²) in [5.41, 5.74) is 0.965. The minimum absolute atomic E-state index is 0.236. The van der Waals surface area contributed by atoms with Gasteiger partial charge in [-0.2, -0.15) is 5.10 Å². The number of H-pyrrole nitrogens is 1. The van der Waals surface area contributed by atoms with Crippen molar-refractivity contribution in [2.75, 3.05) is 0 Å². The molecule has 0 atom stereocenters. The summed E-state index contributed by atoms with van der Waals surface area (Å²) in [5.74, 6) is 6.19. The first kappa shape index (κ1) is 8.86. The molecule has 0 aliphatic heterocycles. The first-order valence-corrected chi connectivity index (χ1v) is 4.18. The number of rotatable bonds is 3. The third kappa shape index (κ3) is 1.78. The van der Waals surface area contributed by atoms with E-state index in [2.05, 4.69) is 20.0 Å². The van der Waals surface area contributed by atoms with Gasteiger partial charge in [0.15, 0.2) is 11.6 Å². The van der Waals surface area contributed by atoms with E-state index in [-0.39, 0.29) is 6.61 Å². The maximum absolute atomic E-state index is 4.92. The largest absolute Gasteiger partial charge is 0.297 e. The zero-order valence-corrected chi connectivity index (χ0v) is 7.47. The fraction of sp³-hybridized carbons (Fsp3) is 0.111. The summed E-state index contributed by atoms with van der Waals surface area (Å²) < 4.78 is 0. The van der Waals surface area contributed by atoms with Crippen LogP contribution >= 0.6 is 0 Å². The molecular formula is C9H10N4O. The minimum Gasteiger partial charge on any atom is -0.297 e. The Morgan fingerprint density at radius 2 is 2.07 bits per heavy atom. The average molecular weight is 190 g/mol. The molecule has 72 valence electrons. The molecule has 0 bridgehead atoms. The molecule has 1 aromatic heterocycles. The molecule has 0 saturated heterocycles. The molecule has 0 aliphatic rings. The van der Waals surface area contributed by atoms with Crippen molar-refractivity contribution in [2.45, 2.75) is 6.61 Å². The summed E-state index contributed by atoms with van der Waals surface area (Å²) in [4.78, 5) is 8.64. The lowest BCUT2D eigenvalue weighted by molar-refractivity contribution is 0.118. The first-order chi connectivity index (χ1) is 6.90. The molecular weight excluding hydrogens is 180 g/mol. The molecule has 0 saturated carbocycles. The molecule has 14 heavy (non-hydrogen) atoms. The van der Waals surface area contributed by atoms with Crippen LogP contribution in [0.4, 0.5) is 0 Å². The van der Waals surface area contributed by atoms with Gasteiger partial charge in [0.05, 0.1) is 0 Å². The lowest BCUT2D eigenvalue weighted by atomic mass is 10.2. The molecule has 1 aromatic carbocycles. The van der Waals surface area contributed by atoms with Crippen molar-refractivity contribution in [1.82, 2.24) is 15.2 Å². The third-order valence-electron chi connectivity index (χ3n) is 1.78. The Morgan fingerprint density at radius 1 is 1.29 bits per heavy atom. The van der Waals surface area contributed by atoms with E-state index in [4.69, 9.17) is 5.90 Å². The van der Waals surface area contributed by atoms with Gasteiger partial charge in [0, 0.05) is 5.56 Å². The number of benzene rings is 1. The maximum atomic E-state index is 4.92. The molecule has 2 rings (SSSR count). The van der Waals surface area contributed by atoms with E-state index < -0.39 is 0 Å². The van der Waals surface area contributed by atoms with Crippen molar-refractivity contribution in [3.8, 4) is 11.4 Å². The molecule has 5 nitrogen and oxygen atoms in total. The SMILES string of the molecule is NOCc1nc(-c2ccccc2)n[nH]1. The first-order valence-electron chi connectivity index (χ1n) is 4.18. The van der Waals surface area contributed by atoms with Gasteiger partial charge in [-0.05, 0) is 0 Å². The Hall–Kier alpha value is -1.72. The summed E-state index contributed by atoms with van der Waals surface area (Å²) in [5, 5.41) is 6.77. The Bertz CT molecular complexity index is 398. The summed E-state index contributed by atoms with van der Waals surface area (Å²) in [6.45, 7) is 0.236. The highest BCUT2D eigenvalue weighted by molar-refractivity contribution is 5.53. The highest BCUT2D eigenvalue weighted by Crippen LogP contribution is 2.13. The van der Waals surface area contributed by atoms with Gasteiger partial charge < -0.3 is 0 Å². The lowest BCUT2D eigenvalue weighted by Crippen LogP contribution is -2.00. The van der Waals surface area contributed by atoms with Crippen LogP contribution < -0.4 is 5.90 Å². The van der Waals surface area contributed by atoms with Crippen LogP contribution in [0.3, 0.4) is 0 Å². The Labute approximate surface area is 80.9 Å². The van der Waals surface area contributed by atoms with Crippen molar-refractivity contribution in [3.05, 3.63) is 36.2 Å². The number of hydrogen-bond acceptors (Lipinski definition) is 4. The van der Waals surface area contributed by atoms with E-state index in [1.807, 2.05) is 30.3 Å². The number of hydrogen-bond donors (Lipinski definition) is 2. The van der Waals surface area contributed by atoms with Crippen LogP contribution in [0.1, 0.15) is 5.82 Å². The van der Waals surface area contributed by atoms with Crippen LogP contribution in [0.15, 0.2) is 30.3 Å². The van der Waals surface area contributed by atoms with E-state index >= 15 is 0 Å². The number of nitrogens with one attached hydrogen (secondary N) is 1. The van der Waals surface area contributed by atoms with Crippen molar-refractivity contribution in [3.63, 3.8) is 0 Å². The monoisotopic (exact) mass is 190 g/mol. The predicted octanol–water partition coefficient (Wildman–Crippen LogP) is 0.862. The van der Waals surface area contributed by atoms with Crippen LogP contribution in [0.2, 0.25) is 0 Å². The predicted molar refractivity (Wildman–Crippen MR) is 50.8 cm³/mol. The van der Waals surface area contributed by atoms with E-state index in [0.29, 0.717) is 11.6 Å². The van der Waals surface area contributed by atoms with Crippen molar-refractivity contribution in [1.29, 1.82) is 0 Å². The Balaban J connectivity index is 2.25. The summed E-state index contributed by atoms with van der Waals surface area (Å²) in [7, 11) is 0. The van der Waals surface area contributed by atoms with Crippen molar-refractivity contribution < 1.29 is 4.84 Å². The zero-order valence-electron chi connectivity index (χ0n) is 7.47. The molecule has 0 fully saturated rings. The fourth-order valence-corrected chi connectivity index (χ4v) is 1.16. The van der Waals surface area contributed by atoms with Crippen molar-refractivity contribution >= 4 is 0 Å². The van der Waals surface area contributed by atoms with Crippen LogP contribution in [-0.4, -0.2) is 15.2 Å². The van der Waals surface area contributed by atoms with Crippen LogP contribution in [0.25, 0.3) is 11.4 Å². The average Bonchev–Trinajstić information content (AvgIpc) is 2.68. The van der Waals surface area contributed by atoms with Gasteiger partial charge in [0.1, 0.15) is 6.61 Å². The second kappa shape index (κ2) is 3.99. The van der Waals surface area contributed by atoms with Crippen LogP contribution in [0.5, 0.6) is 0 Å². The summed E-state index contributed by atoms with van der Waals surface area (Å²) >= 11 is 0. The summed E-state index contributed by atoms with van der Waals surface area (Å²) in [6.07, 6.45) is 0. The Morgan fingerprint density at radius 3 is 2.79 bits per heavy atom. The molecule has 0 spiro atoms. The number of nitrogens with zero attached hydrogens (tertiary/aromatic N) is 2. The number of nitrogens with two attached hydrogens (primary N) is 1. The molecule has 0 unspecified atom stereocenters. The molecule has 3 N–H and O–H groups in total. The second-order valence-electron chi connectivity index (χ2n) is 2.78. The van der Waals surface area contributed by atoms with E-state index in [0.717, 1.165) is 5.56 Å². The molecule has 1 heterocycles. The smallest absolute Gasteiger partial charge is 0.181 e. The van der Waals surface area contributed by atoms with Crippen LogP contribution in [0, 0.1) is 0 Å². The molecule has 5 heteroatoms. The zero-order chi connectivity index (χ0) is 9.80. The third-order valence-corrected chi connectivity index (χ3v) is 1.78. The van der Waals surface area contributed by atoms with Gasteiger partial charge in [0.25, 0.3) is 0 Å². The van der Waals surface area contributed by atoms with Crippen LogP contribution in [-0.2, 0) is 11.4 Å². The lowest BCUT2D eigenvalue weighted by Gasteiger charge is -1.92. The number of aromatic nitrogens is 3. The highest BCUT2D eigenvalue weighted by atomic mass is 16.6. The normalized spacial score (nSPS) is 10.4. The minimum atomic E-state index is 0.236. The van der Waals surface area contributed by atoms with Gasteiger partial charge in [-0.15, -0.1) is 0 Å². The topological polar surface area (TPSA) is 76.8 Å². The van der Waals surface area contributed by atoms with Gasteiger partial charge in [-0.25, -0.2) is 10.9 Å². The number of aromatic amines is 1. The standard InChI is InChI=1S/C9H10N4O/c10-14-6-8-11-9(13-12-8)7-4-2-1-3-5-7/h1-5H,6,10H2,(H,11,12,13). The van der Waals surface area contributed by atoms with E-state index in [1.54, 1.807) is 0 Å². The van der Waals surface area contributed by atoms with Gasteiger partial charge in [0.2, 0.25) is 0 Å². The molecule has 2 aromatic rings. The fourth-order valence-electron chi connectivity index (χ4n) is 1.16. The van der Waals surface area contributed by atoms with Crippen molar-refractivity contribution in [2.24, 2.45) is 5.90 Å². The summed E-state index contributed by atoms with van der Waals surface area (Å²) in [6, 6.07) is 9.70.